The highest BCUT2D eigenvalue weighted by Crippen LogP contribution is 2.36. The van der Waals surface area contributed by atoms with Crippen molar-refractivity contribution < 1.29 is 13.5 Å². The number of benzene rings is 3. The van der Waals surface area contributed by atoms with Crippen LogP contribution < -0.4 is 4.72 Å². The lowest BCUT2D eigenvalue weighted by molar-refractivity contribution is 0.483. The average Bonchev–Trinajstić information content (AvgIpc) is 3.04. The van der Waals surface area contributed by atoms with Crippen molar-refractivity contribution in [2.24, 2.45) is 4.99 Å². The van der Waals surface area contributed by atoms with Crippen LogP contribution in [0.3, 0.4) is 0 Å². The lowest BCUT2D eigenvalue weighted by Gasteiger charge is -2.10. The summed E-state index contributed by atoms with van der Waals surface area (Å²) in [4.78, 5) is 5.20. The van der Waals surface area contributed by atoms with Gasteiger partial charge in [-0.05, 0) is 36.4 Å². The molecule has 0 radical (unpaired) electrons. The van der Waals surface area contributed by atoms with Gasteiger partial charge in [0, 0.05) is 16.3 Å². The molecule has 0 saturated heterocycles. The zero-order chi connectivity index (χ0) is 19.6. The molecule has 0 saturated carbocycles. The molecule has 28 heavy (non-hydrogen) atoms. The first kappa shape index (κ1) is 18.2. The molecule has 0 fully saturated rings. The fraction of sp³-hybridized carbons (Fsp3) is 0. The molecule has 2 N–H and O–H groups in total. The molecule has 1 heterocycles. The number of fused-ring (bicyclic) bond motifs is 1. The van der Waals surface area contributed by atoms with Gasteiger partial charge in [0.25, 0.3) is 10.0 Å². The smallest absolute Gasteiger partial charge is 0.261 e. The van der Waals surface area contributed by atoms with Crippen LogP contribution >= 0.6 is 11.3 Å². The molecular formula is C21H16N2O3S2. The van der Waals surface area contributed by atoms with Gasteiger partial charge in [0.05, 0.1) is 21.1 Å². The van der Waals surface area contributed by atoms with E-state index in [-0.39, 0.29) is 10.6 Å². The van der Waals surface area contributed by atoms with Gasteiger partial charge in [-0.15, -0.1) is 11.3 Å². The van der Waals surface area contributed by atoms with E-state index in [1.165, 1.54) is 23.5 Å². The first-order valence-electron chi connectivity index (χ1n) is 8.46. The van der Waals surface area contributed by atoms with Crippen molar-refractivity contribution in [1.29, 1.82) is 0 Å². The predicted molar refractivity (Wildman–Crippen MR) is 114 cm³/mol. The number of hydrogen-bond donors (Lipinski definition) is 2. The number of rotatable bonds is 5. The van der Waals surface area contributed by atoms with Crippen molar-refractivity contribution in [3.05, 3.63) is 83.7 Å². The lowest BCUT2D eigenvalue weighted by atomic mass is 10.2. The van der Waals surface area contributed by atoms with Crippen LogP contribution in [0.1, 0.15) is 4.88 Å². The first-order chi connectivity index (χ1) is 13.5. The van der Waals surface area contributed by atoms with Gasteiger partial charge in [-0.25, -0.2) is 8.42 Å². The predicted octanol–water partition coefficient (Wildman–Crippen LogP) is 5.16. The van der Waals surface area contributed by atoms with Crippen molar-refractivity contribution in [1.82, 2.24) is 0 Å². The molecule has 140 valence electrons. The van der Waals surface area contributed by atoms with E-state index in [1.54, 1.807) is 48.7 Å². The summed E-state index contributed by atoms with van der Waals surface area (Å²) >= 11 is 1.42. The van der Waals surface area contributed by atoms with Gasteiger partial charge >= 0.3 is 0 Å². The maximum absolute atomic E-state index is 12.6. The van der Waals surface area contributed by atoms with Crippen LogP contribution in [0.5, 0.6) is 5.75 Å². The molecule has 0 bridgehead atoms. The van der Waals surface area contributed by atoms with Gasteiger partial charge in [-0.3, -0.25) is 9.71 Å². The number of aromatic hydroxyl groups is 1. The summed E-state index contributed by atoms with van der Waals surface area (Å²) in [6.45, 7) is 0. The van der Waals surface area contributed by atoms with Crippen LogP contribution in [0.25, 0.3) is 10.1 Å². The van der Waals surface area contributed by atoms with E-state index in [0.29, 0.717) is 16.3 Å². The molecule has 4 aromatic rings. The highest BCUT2D eigenvalue weighted by molar-refractivity contribution is 7.92. The van der Waals surface area contributed by atoms with Gasteiger partial charge < -0.3 is 5.11 Å². The zero-order valence-corrected chi connectivity index (χ0v) is 16.2. The quantitative estimate of drug-likeness (QED) is 0.448. The third kappa shape index (κ3) is 3.62. The molecule has 0 aliphatic heterocycles. The summed E-state index contributed by atoms with van der Waals surface area (Å²) in [7, 11) is -3.72. The normalized spacial score (nSPS) is 11.9. The number of para-hydroxylation sites is 2. The minimum absolute atomic E-state index is 0.173. The van der Waals surface area contributed by atoms with Gasteiger partial charge in [-0.1, -0.05) is 42.5 Å². The summed E-state index contributed by atoms with van der Waals surface area (Å²) in [5.74, 6) is 0.173. The molecule has 0 spiro atoms. The molecule has 1 aromatic heterocycles. The Morgan fingerprint density at radius 2 is 1.57 bits per heavy atom. The van der Waals surface area contributed by atoms with Crippen molar-refractivity contribution in [3.63, 3.8) is 0 Å². The summed E-state index contributed by atoms with van der Waals surface area (Å²) in [6, 6.07) is 22.6. The molecular weight excluding hydrogens is 392 g/mol. The number of aliphatic imine (C=N–C) groups is 1. The highest BCUT2D eigenvalue weighted by atomic mass is 32.2. The van der Waals surface area contributed by atoms with Gasteiger partial charge in [0.1, 0.15) is 5.75 Å². The van der Waals surface area contributed by atoms with E-state index >= 15 is 0 Å². The second kappa shape index (κ2) is 7.46. The maximum Gasteiger partial charge on any atom is 0.261 e. The third-order valence-corrected chi connectivity index (χ3v) is 6.59. The van der Waals surface area contributed by atoms with Gasteiger partial charge in [0.2, 0.25) is 0 Å². The van der Waals surface area contributed by atoms with Crippen molar-refractivity contribution >= 4 is 49.0 Å². The summed E-state index contributed by atoms with van der Waals surface area (Å²) < 4.78 is 28.7. The average molecular weight is 409 g/mol. The minimum Gasteiger partial charge on any atom is -0.506 e. The largest absolute Gasteiger partial charge is 0.506 e. The van der Waals surface area contributed by atoms with E-state index in [1.807, 2.05) is 24.3 Å². The third-order valence-electron chi connectivity index (χ3n) is 4.12. The minimum atomic E-state index is -3.72. The Hall–Kier alpha value is -3.16. The Bertz CT molecular complexity index is 1260. The van der Waals surface area contributed by atoms with Crippen molar-refractivity contribution in [2.75, 3.05) is 4.72 Å². The molecule has 0 unspecified atom stereocenters. The topological polar surface area (TPSA) is 78.8 Å². The highest BCUT2D eigenvalue weighted by Gasteiger charge is 2.15. The Kier molecular flexibility index (Phi) is 4.85. The number of anilines is 1. The van der Waals surface area contributed by atoms with E-state index in [0.717, 1.165) is 10.1 Å². The maximum atomic E-state index is 12.6. The van der Waals surface area contributed by atoms with Crippen molar-refractivity contribution in [2.45, 2.75) is 4.90 Å². The van der Waals surface area contributed by atoms with Crippen LogP contribution in [0.15, 0.2) is 88.8 Å². The number of nitrogens with zero attached hydrogens (tertiary/aromatic N) is 1. The van der Waals surface area contributed by atoms with E-state index in [4.69, 9.17) is 0 Å². The Morgan fingerprint density at radius 3 is 2.36 bits per heavy atom. The lowest BCUT2D eigenvalue weighted by Crippen LogP contribution is -2.12. The number of thiophene rings is 1. The van der Waals surface area contributed by atoms with Crippen LogP contribution in [0, 0.1) is 0 Å². The molecule has 5 nitrogen and oxygen atoms in total. The molecule has 3 aromatic carbocycles. The summed E-state index contributed by atoms with van der Waals surface area (Å²) in [5, 5.41) is 11.1. The Balaban J connectivity index is 1.66. The SMILES string of the molecule is O=S(=O)(Nc1ccccc1/N=C/c1sc2ccccc2c1O)c1ccccc1. The fourth-order valence-electron chi connectivity index (χ4n) is 2.74. The van der Waals surface area contributed by atoms with Gasteiger partial charge in [0.15, 0.2) is 0 Å². The van der Waals surface area contributed by atoms with Crippen LogP contribution in [-0.2, 0) is 10.0 Å². The fourth-order valence-corrected chi connectivity index (χ4v) is 4.81. The molecule has 4 rings (SSSR count). The first-order valence-corrected chi connectivity index (χ1v) is 10.8. The van der Waals surface area contributed by atoms with Gasteiger partial charge in [-0.2, -0.15) is 0 Å². The summed E-state index contributed by atoms with van der Waals surface area (Å²) in [5.41, 5.74) is 0.821. The molecule has 0 atom stereocenters. The standard InChI is InChI=1S/C21H16N2O3S2/c24-21-16-10-4-7-13-19(16)27-20(21)14-22-17-11-5-6-12-18(17)23-28(25,26)15-8-2-1-3-9-15/h1-14,23-24H/b22-14+. The molecule has 7 heteroatoms. The van der Waals surface area contributed by atoms with E-state index < -0.39 is 10.0 Å². The van der Waals surface area contributed by atoms with E-state index in [9.17, 15) is 13.5 Å². The molecule has 0 aliphatic rings. The molecule has 0 aliphatic carbocycles. The monoisotopic (exact) mass is 408 g/mol. The van der Waals surface area contributed by atoms with Crippen LogP contribution in [0.2, 0.25) is 0 Å². The number of hydrogen-bond acceptors (Lipinski definition) is 5. The van der Waals surface area contributed by atoms with Crippen molar-refractivity contribution in [3.8, 4) is 5.75 Å². The second-order valence-electron chi connectivity index (χ2n) is 6.00. The zero-order valence-electron chi connectivity index (χ0n) is 14.6. The Labute approximate surface area is 166 Å². The summed E-state index contributed by atoms with van der Waals surface area (Å²) in [6.07, 6.45) is 1.55. The van der Waals surface area contributed by atoms with E-state index in [2.05, 4.69) is 9.71 Å². The number of nitrogens with one attached hydrogen (secondary N) is 1. The second-order valence-corrected chi connectivity index (χ2v) is 8.77. The Morgan fingerprint density at radius 1 is 0.893 bits per heavy atom. The van der Waals surface area contributed by atoms with Crippen LogP contribution in [0.4, 0.5) is 11.4 Å². The number of sulfonamides is 1. The molecule has 0 amide bonds. The van der Waals surface area contributed by atoms with Crippen LogP contribution in [-0.4, -0.2) is 19.7 Å².